The first-order chi connectivity index (χ1) is 14.2. The number of amides is 1. The van der Waals surface area contributed by atoms with Crippen molar-refractivity contribution in [3.8, 4) is 0 Å². The molecule has 29 heavy (non-hydrogen) atoms. The normalized spacial score (nSPS) is 13.9. The van der Waals surface area contributed by atoms with Crippen molar-refractivity contribution in [2.45, 2.75) is 31.5 Å². The van der Waals surface area contributed by atoms with Gasteiger partial charge in [0.2, 0.25) is 0 Å². The van der Waals surface area contributed by atoms with Crippen LogP contribution < -0.4 is 10.2 Å². The number of aromatic nitrogens is 4. The lowest BCUT2D eigenvalue weighted by Gasteiger charge is -2.17. The van der Waals surface area contributed by atoms with E-state index in [0.717, 1.165) is 40.9 Å². The van der Waals surface area contributed by atoms with Crippen LogP contribution in [0.4, 0.5) is 5.82 Å². The average molecular weight is 431 g/mol. The highest BCUT2D eigenvalue weighted by molar-refractivity contribution is 7.99. The fourth-order valence-electron chi connectivity index (χ4n) is 3.43. The van der Waals surface area contributed by atoms with Crippen molar-refractivity contribution in [2.75, 3.05) is 30.3 Å². The molecule has 7 nitrogen and oxygen atoms in total. The van der Waals surface area contributed by atoms with Gasteiger partial charge in [-0.1, -0.05) is 30.3 Å². The Morgan fingerprint density at radius 3 is 2.69 bits per heavy atom. The monoisotopic (exact) mass is 430 g/mol. The fourth-order valence-corrected chi connectivity index (χ4v) is 4.11. The lowest BCUT2D eigenvalue weighted by atomic mass is 10.2. The van der Waals surface area contributed by atoms with E-state index >= 15 is 0 Å². The van der Waals surface area contributed by atoms with Crippen LogP contribution in [0.3, 0.4) is 0 Å². The molecule has 4 rings (SSSR count). The van der Waals surface area contributed by atoms with Crippen LogP contribution in [0.15, 0.2) is 35.6 Å². The Morgan fingerprint density at radius 1 is 1.21 bits per heavy atom. The molecular weight excluding hydrogens is 408 g/mol. The second-order valence-corrected chi connectivity index (χ2v) is 8.49. The molecule has 1 amide bonds. The summed E-state index contributed by atoms with van der Waals surface area (Å²) in [4.78, 5) is 24.1. The Bertz CT molecular complexity index is 1000. The molecular formula is C20H23ClN6OS. The molecule has 0 saturated carbocycles. The van der Waals surface area contributed by atoms with Crippen molar-refractivity contribution in [1.29, 1.82) is 0 Å². The molecule has 1 saturated heterocycles. The zero-order chi connectivity index (χ0) is 20.2. The van der Waals surface area contributed by atoms with E-state index in [1.807, 2.05) is 10.9 Å². The quantitative estimate of drug-likeness (QED) is 0.455. The molecule has 2 aromatic heterocycles. The third-order valence-electron chi connectivity index (χ3n) is 4.85. The van der Waals surface area contributed by atoms with E-state index < -0.39 is 0 Å². The number of benzene rings is 1. The molecule has 0 aliphatic carbocycles. The number of thioether (sulfide) groups is 1. The molecule has 152 valence electrons. The van der Waals surface area contributed by atoms with Crippen LogP contribution in [0.1, 0.15) is 30.1 Å². The van der Waals surface area contributed by atoms with E-state index in [1.165, 1.54) is 12.8 Å². The minimum atomic E-state index is -0.132. The maximum atomic E-state index is 12.3. The van der Waals surface area contributed by atoms with Crippen LogP contribution in [0, 0.1) is 0 Å². The molecule has 1 aromatic carbocycles. The van der Waals surface area contributed by atoms with Crippen molar-refractivity contribution >= 4 is 46.1 Å². The molecule has 1 N–H and O–H groups in total. The second-order valence-electron chi connectivity index (χ2n) is 6.82. The maximum absolute atomic E-state index is 12.3. The van der Waals surface area contributed by atoms with Crippen LogP contribution in [0.25, 0.3) is 11.0 Å². The Kier molecular flexibility index (Phi) is 6.20. The molecule has 1 fully saturated rings. The molecule has 0 radical (unpaired) electrons. The van der Waals surface area contributed by atoms with E-state index in [1.54, 1.807) is 36.0 Å². The first-order valence-corrected chi connectivity index (χ1v) is 11.2. The molecule has 0 bridgehead atoms. The van der Waals surface area contributed by atoms with Gasteiger partial charge in [0.05, 0.1) is 18.1 Å². The molecule has 0 unspecified atom stereocenters. The van der Waals surface area contributed by atoms with Gasteiger partial charge in [0.15, 0.2) is 10.8 Å². The molecule has 1 aliphatic rings. The summed E-state index contributed by atoms with van der Waals surface area (Å²) in [5.41, 5.74) is 1.40. The maximum Gasteiger partial charge on any atom is 0.251 e. The molecule has 0 atom stereocenters. The Balaban J connectivity index is 1.51. The fraction of sp³-hybridized carbons (Fsp3) is 0.400. The van der Waals surface area contributed by atoms with Crippen molar-refractivity contribution in [3.63, 3.8) is 0 Å². The summed E-state index contributed by atoms with van der Waals surface area (Å²) in [5, 5.41) is 9.80. The van der Waals surface area contributed by atoms with Crippen LogP contribution in [0.2, 0.25) is 5.02 Å². The number of fused-ring (bicyclic) bond motifs is 1. The molecule has 9 heteroatoms. The molecule has 0 spiro atoms. The molecule has 3 heterocycles. The summed E-state index contributed by atoms with van der Waals surface area (Å²) in [6, 6.07) is 6.85. The van der Waals surface area contributed by atoms with Gasteiger partial charge in [0, 0.05) is 30.2 Å². The predicted molar refractivity (Wildman–Crippen MR) is 117 cm³/mol. The van der Waals surface area contributed by atoms with Crippen LogP contribution in [0.5, 0.6) is 0 Å². The van der Waals surface area contributed by atoms with Crippen molar-refractivity contribution < 1.29 is 4.79 Å². The van der Waals surface area contributed by atoms with Crippen LogP contribution in [-0.4, -0.2) is 51.0 Å². The van der Waals surface area contributed by atoms with E-state index in [9.17, 15) is 4.79 Å². The Hall–Kier alpha value is -2.32. The minimum Gasteiger partial charge on any atom is -0.356 e. The van der Waals surface area contributed by atoms with Gasteiger partial charge in [0.25, 0.3) is 5.91 Å². The van der Waals surface area contributed by atoms with Crippen LogP contribution >= 0.6 is 23.4 Å². The summed E-state index contributed by atoms with van der Waals surface area (Å²) < 4.78 is 1.85. The number of carbonyl (C=O) groups is 1. The first kappa shape index (κ1) is 20.0. The highest BCUT2D eigenvalue weighted by Crippen LogP contribution is 2.29. The molecule has 1 aliphatic heterocycles. The summed E-state index contributed by atoms with van der Waals surface area (Å²) in [5.74, 6) is 1.75. The Labute approximate surface area is 178 Å². The Morgan fingerprint density at radius 2 is 1.97 bits per heavy atom. The average Bonchev–Trinajstić information content (AvgIpc) is 3.39. The van der Waals surface area contributed by atoms with Gasteiger partial charge in [-0.15, -0.1) is 0 Å². The standard InChI is InChI=1S/C20H23ClN6OS/c1-2-29-20-24-17(26-10-3-4-11-26)16-13-23-27(18(16)25-20)12-9-22-19(28)14-5-7-15(21)8-6-14/h5-8,13H,2-4,9-12H2,1H3,(H,22,28). The lowest BCUT2D eigenvalue weighted by Crippen LogP contribution is -2.27. The predicted octanol–water partition coefficient (Wildman–Crippen LogP) is 3.62. The van der Waals surface area contributed by atoms with Gasteiger partial charge in [-0.05, 0) is 42.9 Å². The smallest absolute Gasteiger partial charge is 0.251 e. The minimum absolute atomic E-state index is 0.132. The number of halogens is 1. The van der Waals surface area contributed by atoms with Gasteiger partial charge < -0.3 is 10.2 Å². The zero-order valence-electron chi connectivity index (χ0n) is 16.3. The van der Waals surface area contributed by atoms with E-state index in [2.05, 4.69) is 22.2 Å². The summed E-state index contributed by atoms with van der Waals surface area (Å²) in [7, 11) is 0. The third-order valence-corrected chi connectivity index (χ3v) is 5.83. The van der Waals surface area contributed by atoms with E-state index in [0.29, 0.717) is 23.7 Å². The number of nitrogens with zero attached hydrogens (tertiary/aromatic N) is 5. The van der Waals surface area contributed by atoms with Gasteiger partial charge in [-0.3, -0.25) is 4.79 Å². The van der Waals surface area contributed by atoms with Gasteiger partial charge >= 0.3 is 0 Å². The van der Waals surface area contributed by atoms with Crippen LogP contribution in [-0.2, 0) is 6.54 Å². The summed E-state index contributed by atoms with van der Waals surface area (Å²) >= 11 is 7.51. The number of anilines is 1. The third kappa shape index (κ3) is 4.48. The number of hydrogen-bond donors (Lipinski definition) is 1. The highest BCUT2D eigenvalue weighted by atomic mass is 35.5. The number of rotatable bonds is 7. The van der Waals surface area contributed by atoms with Gasteiger partial charge in [-0.25, -0.2) is 14.6 Å². The van der Waals surface area contributed by atoms with Gasteiger partial charge in [-0.2, -0.15) is 5.10 Å². The largest absolute Gasteiger partial charge is 0.356 e. The van der Waals surface area contributed by atoms with E-state index in [-0.39, 0.29) is 5.91 Å². The van der Waals surface area contributed by atoms with Crippen molar-refractivity contribution in [2.24, 2.45) is 0 Å². The topological polar surface area (TPSA) is 75.9 Å². The number of hydrogen-bond acceptors (Lipinski definition) is 6. The molecule has 3 aromatic rings. The van der Waals surface area contributed by atoms with Crippen molar-refractivity contribution in [1.82, 2.24) is 25.1 Å². The number of carbonyl (C=O) groups excluding carboxylic acids is 1. The van der Waals surface area contributed by atoms with Crippen molar-refractivity contribution in [3.05, 3.63) is 41.0 Å². The second kappa shape index (κ2) is 9.00. The highest BCUT2D eigenvalue weighted by Gasteiger charge is 2.20. The summed E-state index contributed by atoms with van der Waals surface area (Å²) in [6.07, 6.45) is 4.21. The first-order valence-electron chi connectivity index (χ1n) is 9.81. The zero-order valence-corrected chi connectivity index (χ0v) is 17.8. The van der Waals surface area contributed by atoms with Gasteiger partial charge in [0.1, 0.15) is 5.82 Å². The SMILES string of the molecule is CCSc1nc(N2CCCC2)c2cnn(CCNC(=O)c3ccc(Cl)cc3)c2n1. The lowest BCUT2D eigenvalue weighted by molar-refractivity contribution is 0.0952. The summed E-state index contributed by atoms with van der Waals surface area (Å²) in [6.45, 7) is 5.12. The number of nitrogens with one attached hydrogen (secondary N) is 1. The van der Waals surface area contributed by atoms with E-state index in [4.69, 9.17) is 21.6 Å².